The zero-order valence-electron chi connectivity index (χ0n) is 12.2. The van der Waals surface area contributed by atoms with Gasteiger partial charge in [-0.05, 0) is 34.7 Å². The van der Waals surface area contributed by atoms with Gasteiger partial charge >= 0.3 is 0 Å². The summed E-state index contributed by atoms with van der Waals surface area (Å²) in [6.45, 7) is 0. The number of fused-ring (bicyclic) bond motifs is 3. The molecule has 4 rings (SSSR count). The average Bonchev–Trinajstić information content (AvgIpc) is 3.15. The van der Waals surface area contributed by atoms with Crippen LogP contribution in [0.25, 0.3) is 11.1 Å². The van der Waals surface area contributed by atoms with Crippen molar-refractivity contribution in [1.82, 2.24) is 10.2 Å². The maximum atomic E-state index is 12.4. The van der Waals surface area contributed by atoms with E-state index < -0.39 is 0 Å². The van der Waals surface area contributed by atoms with Crippen LogP contribution in [-0.4, -0.2) is 21.7 Å². The zero-order chi connectivity index (χ0) is 15.8. The third-order valence-corrected chi connectivity index (χ3v) is 5.75. The van der Waals surface area contributed by atoms with Crippen LogP contribution in [0.4, 0.5) is 5.13 Å². The minimum atomic E-state index is 0.0935. The van der Waals surface area contributed by atoms with Crippen LogP contribution >= 0.6 is 23.1 Å². The van der Waals surface area contributed by atoms with Crippen molar-refractivity contribution in [3.63, 3.8) is 0 Å². The van der Waals surface area contributed by atoms with Gasteiger partial charge in [-0.15, -0.1) is 10.2 Å². The largest absolute Gasteiger partial charge is 0.374 e. The molecule has 6 heteroatoms. The van der Waals surface area contributed by atoms with Crippen molar-refractivity contribution in [2.45, 2.75) is 10.8 Å². The highest BCUT2D eigenvalue weighted by Gasteiger charge is 2.19. The van der Waals surface area contributed by atoms with Gasteiger partial charge in [0.05, 0.1) is 5.75 Å². The van der Waals surface area contributed by atoms with E-state index in [1.807, 2.05) is 18.2 Å². The van der Waals surface area contributed by atoms with Gasteiger partial charge in [0.15, 0.2) is 10.1 Å². The molecule has 2 aromatic carbocycles. The zero-order valence-corrected chi connectivity index (χ0v) is 13.8. The number of aromatic nitrogens is 2. The van der Waals surface area contributed by atoms with Crippen molar-refractivity contribution in [2.24, 2.45) is 0 Å². The first kappa shape index (κ1) is 14.4. The molecule has 0 amide bonds. The second-order valence-corrected chi connectivity index (χ2v) is 7.56. The standard InChI is InChI=1S/C17H13N3OS2/c18-16-19-20-17(23-16)22-9-15(21)12-6-5-11-7-10-3-1-2-4-13(10)14(11)8-12/h1-6,8H,7,9H2,(H2,18,19). The van der Waals surface area contributed by atoms with Gasteiger partial charge in [-0.2, -0.15) is 0 Å². The van der Waals surface area contributed by atoms with E-state index in [1.54, 1.807) is 0 Å². The highest BCUT2D eigenvalue weighted by atomic mass is 32.2. The molecular weight excluding hydrogens is 326 g/mol. The summed E-state index contributed by atoms with van der Waals surface area (Å²) in [4.78, 5) is 12.4. The first-order valence-corrected chi connectivity index (χ1v) is 8.97. The lowest BCUT2D eigenvalue weighted by molar-refractivity contribution is 0.102. The van der Waals surface area contributed by atoms with Crippen LogP contribution in [0, 0.1) is 0 Å². The van der Waals surface area contributed by atoms with E-state index in [1.165, 1.54) is 45.4 Å². The van der Waals surface area contributed by atoms with Gasteiger partial charge in [0.2, 0.25) is 5.13 Å². The molecule has 1 aliphatic rings. The predicted octanol–water partition coefficient (Wildman–Crippen LogP) is 3.67. The smallest absolute Gasteiger partial charge is 0.203 e. The van der Waals surface area contributed by atoms with Crippen LogP contribution in [0.1, 0.15) is 21.5 Å². The normalized spacial score (nSPS) is 12.0. The Morgan fingerprint density at radius 3 is 2.78 bits per heavy atom. The van der Waals surface area contributed by atoms with Gasteiger partial charge in [-0.3, -0.25) is 4.79 Å². The molecule has 23 heavy (non-hydrogen) atoms. The predicted molar refractivity (Wildman–Crippen MR) is 94.1 cm³/mol. The van der Waals surface area contributed by atoms with Crippen molar-refractivity contribution in [1.29, 1.82) is 0 Å². The van der Waals surface area contributed by atoms with Crippen molar-refractivity contribution in [2.75, 3.05) is 11.5 Å². The SMILES string of the molecule is Nc1nnc(SCC(=O)c2ccc3c(c2)-c2ccccc2C3)s1. The van der Waals surface area contributed by atoms with E-state index in [2.05, 4.69) is 34.5 Å². The topological polar surface area (TPSA) is 68.9 Å². The summed E-state index contributed by atoms with van der Waals surface area (Å²) in [7, 11) is 0. The number of nitrogens with two attached hydrogens (primary N) is 1. The van der Waals surface area contributed by atoms with E-state index in [0.29, 0.717) is 10.9 Å². The minimum Gasteiger partial charge on any atom is -0.374 e. The number of ketones is 1. The molecule has 1 heterocycles. The Morgan fingerprint density at radius 1 is 1.13 bits per heavy atom. The Balaban J connectivity index is 1.56. The number of nitrogens with zero attached hydrogens (tertiary/aromatic N) is 2. The quantitative estimate of drug-likeness (QED) is 0.454. The molecule has 2 N–H and O–H groups in total. The average molecular weight is 339 g/mol. The molecule has 0 saturated heterocycles. The molecule has 0 bridgehead atoms. The van der Waals surface area contributed by atoms with Gasteiger partial charge in [0, 0.05) is 5.56 Å². The van der Waals surface area contributed by atoms with Crippen LogP contribution in [0.3, 0.4) is 0 Å². The fraction of sp³-hybridized carbons (Fsp3) is 0.118. The Bertz CT molecular complexity index is 904. The van der Waals surface area contributed by atoms with E-state index in [0.717, 1.165) is 16.3 Å². The van der Waals surface area contributed by atoms with Gasteiger partial charge < -0.3 is 5.73 Å². The number of thioether (sulfide) groups is 1. The highest BCUT2D eigenvalue weighted by molar-refractivity contribution is 8.01. The number of Topliss-reactive ketones (excluding diaryl/α,β-unsaturated/α-hetero) is 1. The molecular formula is C17H13N3OS2. The fourth-order valence-corrected chi connectivity index (χ4v) is 4.32. The first-order valence-electron chi connectivity index (χ1n) is 7.17. The molecule has 1 aliphatic carbocycles. The number of carbonyl (C=O) groups excluding carboxylic acids is 1. The van der Waals surface area contributed by atoms with Gasteiger partial charge in [0.1, 0.15) is 0 Å². The maximum absolute atomic E-state index is 12.4. The highest BCUT2D eigenvalue weighted by Crippen LogP contribution is 2.37. The monoisotopic (exact) mass is 339 g/mol. The molecule has 0 spiro atoms. The number of rotatable bonds is 4. The van der Waals surface area contributed by atoms with E-state index in [9.17, 15) is 4.79 Å². The Hall–Kier alpha value is -2.18. The van der Waals surface area contributed by atoms with Gasteiger partial charge in [-0.1, -0.05) is 59.5 Å². The molecule has 0 fully saturated rings. The molecule has 3 aromatic rings. The van der Waals surface area contributed by atoms with Gasteiger partial charge in [0.25, 0.3) is 0 Å². The number of nitrogen functional groups attached to an aromatic ring is 1. The first-order chi connectivity index (χ1) is 11.2. The third kappa shape index (κ3) is 2.75. The van der Waals surface area contributed by atoms with Gasteiger partial charge in [-0.25, -0.2) is 0 Å². The molecule has 0 radical (unpaired) electrons. The summed E-state index contributed by atoms with van der Waals surface area (Å²) in [5.74, 6) is 0.436. The number of hydrogen-bond donors (Lipinski definition) is 1. The number of carbonyl (C=O) groups is 1. The van der Waals surface area contributed by atoms with Crippen molar-refractivity contribution in [3.8, 4) is 11.1 Å². The van der Waals surface area contributed by atoms with Crippen LogP contribution in [0.5, 0.6) is 0 Å². The second kappa shape index (κ2) is 5.79. The maximum Gasteiger partial charge on any atom is 0.203 e. The number of benzene rings is 2. The van der Waals surface area contributed by atoms with E-state index in [4.69, 9.17) is 5.73 Å². The Labute approximate surface area is 141 Å². The second-order valence-electron chi connectivity index (χ2n) is 5.32. The van der Waals surface area contributed by atoms with Crippen molar-refractivity contribution < 1.29 is 4.79 Å². The molecule has 0 saturated carbocycles. The van der Waals surface area contributed by atoms with E-state index in [-0.39, 0.29) is 5.78 Å². The number of anilines is 1. The van der Waals surface area contributed by atoms with Crippen LogP contribution in [0.2, 0.25) is 0 Å². The van der Waals surface area contributed by atoms with Crippen LogP contribution in [0.15, 0.2) is 46.8 Å². The Kier molecular flexibility index (Phi) is 3.63. The number of hydrogen-bond acceptors (Lipinski definition) is 6. The lowest BCUT2D eigenvalue weighted by Crippen LogP contribution is -2.02. The molecule has 0 unspecified atom stereocenters. The lowest BCUT2D eigenvalue weighted by Gasteiger charge is -2.04. The summed E-state index contributed by atoms with van der Waals surface area (Å²) in [5, 5.41) is 8.10. The molecule has 4 nitrogen and oxygen atoms in total. The Morgan fingerprint density at radius 2 is 1.96 bits per heavy atom. The van der Waals surface area contributed by atoms with E-state index >= 15 is 0 Å². The summed E-state index contributed by atoms with van der Waals surface area (Å²) in [5.41, 5.74) is 11.3. The molecule has 1 aromatic heterocycles. The third-order valence-electron chi connectivity index (χ3n) is 3.87. The summed E-state index contributed by atoms with van der Waals surface area (Å²) in [6.07, 6.45) is 0.943. The van der Waals surface area contributed by atoms with Crippen molar-refractivity contribution >= 4 is 34.0 Å². The lowest BCUT2D eigenvalue weighted by atomic mass is 10.0. The fourth-order valence-electron chi connectivity index (χ4n) is 2.79. The summed E-state index contributed by atoms with van der Waals surface area (Å²) < 4.78 is 0.724. The molecule has 114 valence electrons. The summed E-state index contributed by atoms with van der Waals surface area (Å²) in [6, 6.07) is 14.4. The van der Waals surface area contributed by atoms with Crippen LogP contribution in [-0.2, 0) is 6.42 Å². The molecule has 0 atom stereocenters. The minimum absolute atomic E-state index is 0.0935. The summed E-state index contributed by atoms with van der Waals surface area (Å²) >= 11 is 2.68. The van der Waals surface area contributed by atoms with Crippen molar-refractivity contribution in [3.05, 3.63) is 59.2 Å². The molecule has 0 aliphatic heterocycles. The van der Waals surface area contributed by atoms with Crippen LogP contribution < -0.4 is 5.73 Å².